The third kappa shape index (κ3) is 3.25. The summed E-state index contributed by atoms with van der Waals surface area (Å²) in [5, 5.41) is 11.3. The number of ether oxygens (including phenoxy) is 1. The molecule has 2 N–H and O–H groups in total. The minimum Gasteiger partial charge on any atom is -0.375 e. The highest BCUT2D eigenvalue weighted by Gasteiger charge is 2.51. The number of aromatic nitrogens is 1. The van der Waals surface area contributed by atoms with Gasteiger partial charge in [-0.05, 0) is 18.2 Å². The number of carbonyl (C=O) groups excluding carboxylic acids is 2. The fourth-order valence-electron chi connectivity index (χ4n) is 3.73. The third-order valence-electron chi connectivity index (χ3n) is 5.19. The highest BCUT2D eigenvalue weighted by molar-refractivity contribution is 6.10. The molecule has 140 valence electrons. The number of hydrogen-bond acceptors (Lipinski definition) is 5. The Morgan fingerprint density at radius 2 is 1.93 bits per heavy atom. The Morgan fingerprint density at radius 3 is 2.67 bits per heavy atom. The minimum absolute atomic E-state index is 0.244. The zero-order valence-electron chi connectivity index (χ0n) is 14.9. The van der Waals surface area contributed by atoms with E-state index in [1.54, 1.807) is 35.2 Å². The van der Waals surface area contributed by atoms with Crippen molar-refractivity contribution >= 4 is 17.4 Å². The number of amides is 1. The van der Waals surface area contributed by atoms with Crippen LogP contribution in [0, 0.1) is 0 Å². The molecule has 4 rings (SSSR count). The lowest BCUT2D eigenvalue weighted by Crippen LogP contribution is -3.15. The molecule has 1 fully saturated rings. The number of quaternary nitrogens is 1. The largest absolute Gasteiger partial charge is 0.375 e. The van der Waals surface area contributed by atoms with Gasteiger partial charge in [-0.1, -0.05) is 24.3 Å². The third-order valence-corrected chi connectivity index (χ3v) is 5.19. The lowest BCUT2D eigenvalue weighted by molar-refractivity contribution is -0.906. The van der Waals surface area contributed by atoms with Crippen LogP contribution < -0.4 is 9.80 Å². The standard InChI is InChI=1S/C20H21N3O4/c24-18(16-6-3-4-8-21-16)13-20(26)15-5-1-2-7-17(15)23(19(20)25)14-22-9-11-27-12-10-22/h1-8,26H,9-14H2/p+1/t20-/m0/s1. The van der Waals surface area contributed by atoms with Crippen LogP contribution in [0.1, 0.15) is 22.5 Å². The van der Waals surface area contributed by atoms with Gasteiger partial charge in [0.05, 0.1) is 25.3 Å². The molecule has 27 heavy (non-hydrogen) atoms. The van der Waals surface area contributed by atoms with E-state index in [2.05, 4.69) is 4.98 Å². The molecule has 7 heteroatoms. The number of anilines is 1. The van der Waals surface area contributed by atoms with E-state index in [0.29, 0.717) is 31.1 Å². The fraction of sp³-hybridized carbons (Fsp3) is 0.350. The van der Waals surface area contributed by atoms with Crippen molar-refractivity contribution in [2.45, 2.75) is 12.0 Å². The van der Waals surface area contributed by atoms with Gasteiger partial charge in [0.25, 0.3) is 5.91 Å². The van der Waals surface area contributed by atoms with Crippen LogP contribution in [0.15, 0.2) is 48.7 Å². The number of nitrogens with one attached hydrogen (secondary N) is 1. The number of rotatable bonds is 5. The predicted molar refractivity (Wildman–Crippen MR) is 97.4 cm³/mol. The number of ketones is 1. The fourth-order valence-corrected chi connectivity index (χ4v) is 3.73. The van der Waals surface area contributed by atoms with Crippen LogP contribution in [0.3, 0.4) is 0 Å². The van der Waals surface area contributed by atoms with E-state index in [4.69, 9.17) is 4.74 Å². The van der Waals surface area contributed by atoms with Crippen LogP contribution >= 0.6 is 0 Å². The first kappa shape index (κ1) is 17.8. The Hall–Kier alpha value is -2.61. The molecule has 7 nitrogen and oxygen atoms in total. The number of pyridine rings is 1. The first-order valence-corrected chi connectivity index (χ1v) is 9.09. The molecule has 0 aliphatic carbocycles. The highest BCUT2D eigenvalue weighted by Crippen LogP contribution is 2.42. The number of carbonyl (C=O) groups is 2. The van der Waals surface area contributed by atoms with Gasteiger partial charge in [0.15, 0.2) is 18.1 Å². The number of aliphatic hydroxyl groups is 1. The van der Waals surface area contributed by atoms with E-state index < -0.39 is 11.5 Å². The van der Waals surface area contributed by atoms with Gasteiger partial charge in [-0.15, -0.1) is 0 Å². The number of morpholine rings is 1. The highest BCUT2D eigenvalue weighted by atomic mass is 16.5. The Labute approximate surface area is 157 Å². The van der Waals surface area contributed by atoms with Gasteiger partial charge >= 0.3 is 0 Å². The normalized spacial score (nSPS) is 22.7. The number of para-hydroxylation sites is 1. The van der Waals surface area contributed by atoms with Crippen molar-refractivity contribution in [3.05, 3.63) is 59.9 Å². The molecule has 1 aromatic heterocycles. The Kier molecular flexibility index (Phi) is 4.73. The molecule has 0 unspecified atom stereocenters. The van der Waals surface area contributed by atoms with Gasteiger partial charge in [0, 0.05) is 11.8 Å². The van der Waals surface area contributed by atoms with Crippen molar-refractivity contribution in [1.29, 1.82) is 0 Å². The number of benzene rings is 1. The molecule has 1 atom stereocenters. The maximum Gasteiger partial charge on any atom is 0.268 e. The maximum absolute atomic E-state index is 13.2. The summed E-state index contributed by atoms with van der Waals surface area (Å²) in [5.74, 6) is -0.811. The zero-order chi connectivity index (χ0) is 18.9. The van der Waals surface area contributed by atoms with Crippen molar-refractivity contribution in [3.8, 4) is 0 Å². The van der Waals surface area contributed by atoms with E-state index >= 15 is 0 Å². The Bertz CT molecular complexity index is 851. The molecule has 0 saturated carbocycles. The van der Waals surface area contributed by atoms with E-state index in [0.717, 1.165) is 13.1 Å². The van der Waals surface area contributed by atoms with Gasteiger partial charge in [-0.25, -0.2) is 0 Å². The van der Waals surface area contributed by atoms with Crippen LogP contribution in [0.25, 0.3) is 0 Å². The molecule has 1 saturated heterocycles. The quantitative estimate of drug-likeness (QED) is 0.712. The van der Waals surface area contributed by atoms with E-state index in [-0.39, 0.29) is 17.9 Å². The summed E-state index contributed by atoms with van der Waals surface area (Å²) in [7, 11) is 0. The molecule has 3 heterocycles. The molecule has 2 aromatic rings. The van der Waals surface area contributed by atoms with Gasteiger partial charge in [0.1, 0.15) is 18.8 Å². The van der Waals surface area contributed by atoms with Gasteiger partial charge < -0.3 is 14.7 Å². The average Bonchev–Trinajstić information content (AvgIpc) is 2.92. The lowest BCUT2D eigenvalue weighted by atomic mass is 9.89. The van der Waals surface area contributed by atoms with Crippen molar-refractivity contribution in [2.24, 2.45) is 0 Å². The van der Waals surface area contributed by atoms with Crippen LogP contribution in [0.4, 0.5) is 5.69 Å². The van der Waals surface area contributed by atoms with Gasteiger partial charge in [-0.2, -0.15) is 0 Å². The van der Waals surface area contributed by atoms with Crippen molar-refractivity contribution in [2.75, 3.05) is 37.9 Å². The molecular weight excluding hydrogens is 346 g/mol. The predicted octanol–water partition coefficient (Wildman–Crippen LogP) is -0.239. The average molecular weight is 368 g/mol. The smallest absolute Gasteiger partial charge is 0.268 e. The van der Waals surface area contributed by atoms with Gasteiger partial charge in [-0.3, -0.25) is 19.5 Å². The van der Waals surface area contributed by atoms with Crippen LogP contribution in [-0.2, 0) is 15.1 Å². The van der Waals surface area contributed by atoms with Crippen LogP contribution in [-0.4, -0.2) is 54.8 Å². The molecule has 1 amide bonds. The van der Waals surface area contributed by atoms with E-state index in [9.17, 15) is 14.7 Å². The molecule has 0 bridgehead atoms. The number of hydrogen-bond donors (Lipinski definition) is 2. The molecule has 2 aliphatic heterocycles. The van der Waals surface area contributed by atoms with E-state index in [1.165, 1.54) is 11.1 Å². The second-order valence-corrected chi connectivity index (χ2v) is 6.95. The summed E-state index contributed by atoms with van der Waals surface area (Å²) in [6.07, 6.45) is 1.20. The van der Waals surface area contributed by atoms with Crippen molar-refractivity contribution in [1.82, 2.24) is 4.98 Å². The summed E-state index contributed by atoms with van der Waals surface area (Å²) in [6, 6.07) is 12.2. The van der Waals surface area contributed by atoms with E-state index in [1.807, 2.05) is 12.1 Å². The second kappa shape index (κ2) is 7.19. The van der Waals surface area contributed by atoms with Gasteiger partial charge in [0.2, 0.25) is 0 Å². The Balaban J connectivity index is 1.62. The van der Waals surface area contributed by atoms with Crippen molar-refractivity contribution in [3.63, 3.8) is 0 Å². The minimum atomic E-state index is -1.86. The summed E-state index contributed by atoms with van der Waals surface area (Å²) < 4.78 is 5.38. The number of nitrogens with zero attached hydrogens (tertiary/aromatic N) is 2. The molecule has 0 spiro atoms. The lowest BCUT2D eigenvalue weighted by Gasteiger charge is -2.29. The summed E-state index contributed by atoms with van der Waals surface area (Å²) >= 11 is 0. The molecule has 1 aromatic carbocycles. The first-order valence-electron chi connectivity index (χ1n) is 9.09. The molecular formula is C20H22N3O4+. The second-order valence-electron chi connectivity index (χ2n) is 6.95. The number of fused-ring (bicyclic) bond motifs is 1. The SMILES string of the molecule is O=C(C[C@@]1(O)C(=O)N(C[NH+]2CCOCC2)c2ccccc21)c1ccccn1. The maximum atomic E-state index is 13.2. The zero-order valence-corrected chi connectivity index (χ0v) is 14.9. The van der Waals surface area contributed by atoms with Crippen LogP contribution in [0.5, 0.6) is 0 Å². The monoisotopic (exact) mass is 368 g/mol. The summed E-state index contributed by atoms with van der Waals surface area (Å²) in [6.45, 7) is 3.36. The number of Topliss-reactive ketones (excluding diaryl/α,β-unsaturated/α-hetero) is 1. The topological polar surface area (TPSA) is 84.2 Å². The van der Waals surface area contributed by atoms with Crippen LogP contribution in [0.2, 0.25) is 0 Å². The summed E-state index contributed by atoms with van der Waals surface area (Å²) in [4.78, 5) is 32.7. The molecule has 0 radical (unpaired) electrons. The Morgan fingerprint density at radius 1 is 1.19 bits per heavy atom. The summed E-state index contributed by atoms with van der Waals surface area (Å²) in [5.41, 5.74) is -0.477. The first-order chi connectivity index (χ1) is 13.1. The van der Waals surface area contributed by atoms with Crippen molar-refractivity contribution < 1.29 is 24.3 Å². The molecule has 2 aliphatic rings.